The Morgan fingerprint density at radius 2 is 2.11 bits per heavy atom. The SMILES string of the molecule is CCC[C@H](N)C(=O)Nc1cc(C(F)(F)F)ccc1O. The molecule has 0 aromatic heterocycles. The number of aromatic hydroxyl groups is 1. The predicted molar refractivity (Wildman–Crippen MR) is 64.6 cm³/mol. The second kappa shape index (κ2) is 5.92. The molecular formula is C12H15F3N2O2. The van der Waals surface area contributed by atoms with E-state index in [1.807, 2.05) is 6.92 Å². The molecule has 7 heteroatoms. The van der Waals surface area contributed by atoms with Crippen LogP contribution in [0.4, 0.5) is 18.9 Å². The lowest BCUT2D eigenvalue weighted by atomic mass is 10.1. The Kier molecular flexibility index (Phi) is 4.77. The second-order valence-electron chi connectivity index (χ2n) is 4.11. The normalized spacial score (nSPS) is 13.1. The molecule has 0 saturated heterocycles. The van der Waals surface area contributed by atoms with Crippen molar-refractivity contribution in [3.63, 3.8) is 0 Å². The molecular weight excluding hydrogens is 261 g/mol. The molecule has 0 unspecified atom stereocenters. The van der Waals surface area contributed by atoms with Gasteiger partial charge >= 0.3 is 6.18 Å². The van der Waals surface area contributed by atoms with E-state index in [0.29, 0.717) is 18.9 Å². The lowest BCUT2D eigenvalue weighted by Gasteiger charge is -2.14. The molecule has 0 heterocycles. The number of rotatable bonds is 4. The molecule has 0 bridgehead atoms. The van der Waals surface area contributed by atoms with Crippen LogP contribution in [0.1, 0.15) is 25.3 Å². The maximum atomic E-state index is 12.5. The Labute approximate surface area is 108 Å². The monoisotopic (exact) mass is 276 g/mol. The number of hydrogen-bond acceptors (Lipinski definition) is 3. The number of carbonyl (C=O) groups is 1. The molecule has 0 aliphatic rings. The van der Waals surface area contributed by atoms with Crippen molar-refractivity contribution in [3.8, 4) is 5.75 Å². The Morgan fingerprint density at radius 1 is 1.47 bits per heavy atom. The number of halogens is 3. The van der Waals surface area contributed by atoms with Gasteiger partial charge in [0.15, 0.2) is 0 Å². The van der Waals surface area contributed by atoms with Crippen LogP contribution in [0.15, 0.2) is 18.2 Å². The van der Waals surface area contributed by atoms with E-state index in [4.69, 9.17) is 5.73 Å². The van der Waals surface area contributed by atoms with Crippen molar-refractivity contribution < 1.29 is 23.1 Å². The van der Waals surface area contributed by atoms with Gasteiger partial charge in [0.05, 0.1) is 17.3 Å². The molecule has 1 aromatic carbocycles. The molecule has 0 fully saturated rings. The zero-order valence-electron chi connectivity index (χ0n) is 10.3. The molecule has 1 atom stereocenters. The van der Waals surface area contributed by atoms with E-state index >= 15 is 0 Å². The van der Waals surface area contributed by atoms with E-state index in [-0.39, 0.29) is 5.69 Å². The number of benzene rings is 1. The van der Waals surface area contributed by atoms with Crippen molar-refractivity contribution in [3.05, 3.63) is 23.8 Å². The van der Waals surface area contributed by atoms with E-state index in [9.17, 15) is 23.1 Å². The third-order valence-corrected chi connectivity index (χ3v) is 2.52. The van der Waals surface area contributed by atoms with Crippen LogP contribution < -0.4 is 11.1 Å². The first-order valence-electron chi connectivity index (χ1n) is 5.72. The zero-order chi connectivity index (χ0) is 14.6. The third kappa shape index (κ3) is 4.13. The van der Waals surface area contributed by atoms with Crippen LogP contribution in [-0.4, -0.2) is 17.1 Å². The summed E-state index contributed by atoms with van der Waals surface area (Å²) in [5, 5.41) is 11.6. The lowest BCUT2D eigenvalue weighted by molar-refractivity contribution is -0.137. The molecule has 0 saturated carbocycles. The minimum Gasteiger partial charge on any atom is -0.506 e. The second-order valence-corrected chi connectivity index (χ2v) is 4.11. The van der Waals surface area contributed by atoms with Crippen LogP contribution in [0.3, 0.4) is 0 Å². The van der Waals surface area contributed by atoms with Gasteiger partial charge in [0.1, 0.15) is 5.75 Å². The van der Waals surface area contributed by atoms with Crippen LogP contribution in [0.2, 0.25) is 0 Å². The Hall–Kier alpha value is -1.76. The highest BCUT2D eigenvalue weighted by molar-refractivity contribution is 5.95. The molecule has 0 spiro atoms. The van der Waals surface area contributed by atoms with Crippen LogP contribution in [0.25, 0.3) is 0 Å². The van der Waals surface area contributed by atoms with Crippen molar-refractivity contribution in [2.75, 3.05) is 5.32 Å². The Morgan fingerprint density at radius 3 is 2.63 bits per heavy atom. The first-order chi connectivity index (χ1) is 8.75. The largest absolute Gasteiger partial charge is 0.506 e. The van der Waals surface area contributed by atoms with Crippen LogP contribution in [-0.2, 0) is 11.0 Å². The lowest BCUT2D eigenvalue weighted by Crippen LogP contribution is -2.35. The van der Waals surface area contributed by atoms with Crippen molar-refractivity contribution in [2.24, 2.45) is 5.73 Å². The molecule has 4 N–H and O–H groups in total. The summed E-state index contributed by atoms with van der Waals surface area (Å²) in [6.45, 7) is 1.83. The van der Waals surface area contributed by atoms with Gasteiger partial charge in [0.25, 0.3) is 0 Å². The highest BCUT2D eigenvalue weighted by atomic mass is 19.4. The maximum Gasteiger partial charge on any atom is 0.416 e. The average Bonchev–Trinajstić information content (AvgIpc) is 2.30. The summed E-state index contributed by atoms with van der Waals surface area (Å²) in [5.41, 5.74) is 4.28. The Bertz CT molecular complexity index is 461. The standard InChI is InChI=1S/C12H15F3N2O2/c1-2-3-8(16)11(19)17-9-6-7(12(13,14)15)4-5-10(9)18/h4-6,8,18H,2-3,16H2,1H3,(H,17,19)/t8-/m0/s1. The number of phenols is 1. The summed E-state index contributed by atoms with van der Waals surface area (Å²) in [5.74, 6) is -1.07. The average molecular weight is 276 g/mol. The molecule has 0 radical (unpaired) electrons. The molecule has 1 aromatic rings. The van der Waals surface area contributed by atoms with Gasteiger partial charge in [-0.25, -0.2) is 0 Å². The Balaban J connectivity index is 2.92. The van der Waals surface area contributed by atoms with Gasteiger partial charge in [-0.3, -0.25) is 4.79 Å². The molecule has 19 heavy (non-hydrogen) atoms. The first kappa shape index (κ1) is 15.3. The van der Waals surface area contributed by atoms with Crippen molar-refractivity contribution in [1.29, 1.82) is 0 Å². The summed E-state index contributed by atoms with van der Waals surface area (Å²) in [6, 6.07) is 1.46. The number of nitrogens with one attached hydrogen (secondary N) is 1. The van der Waals surface area contributed by atoms with Gasteiger partial charge in [-0.1, -0.05) is 13.3 Å². The fourth-order valence-electron chi connectivity index (χ4n) is 1.48. The topological polar surface area (TPSA) is 75.4 Å². The minimum absolute atomic E-state index is 0.300. The zero-order valence-corrected chi connectivity index (χ0v) is 10.3. The summed E-state index contributed by atoms with van der Waals surface area (Å²) < 4.78 is 37.5. The molecule has 4 nitrogen and oxygen atoms in total. The van der Waals surface area contributed by atoms with Gasteiger partial charge in [-0.05, 0) is 24.6 Å². The van der Waals surface area contributed by atoms with E-state index in [1.165, 1.54) is 0 Å². The quantitative estimate of drug-likeness (QED) is 0.739. The van der Waals surface area contributed by atoms with Crippen LogP contribution in [0.5, 0.6) is 5.75 Å². The number of nitrogens with two attached hydrogens (primary N) is 1. The number of anilines is 1. The highest BCUT2D eigenvalue weighted by Crippen LogP contribution is 2.34. The van der Waals surface area contributed by atoms with E-state index < -0.39 is 29.4 Å². The molecule has 1 amide bonds. The fraction of sp³-hybridized carbons (Fsp3) is 0.417. The summed E-state index contributed by atoms with van der Waals surface area (Å²) in [7, 11) is 0. The number of hydrogen-bond donors (Lipinski definition) is 3. The van der Waals surface area contributed by atoms with Crippen molar-refractivity contribution in [2.45, 2.75) is 32.0 Å². The van der Waals surface area contributed by atoms with Gasteiger partial charge < -0.3 is 16.2 Å². The number of phenolic OH excluding ortho intramolecular Hbond substituents is 1. The summed E-state index contributed by atoms with van der Waals surface area (Å²) in [6.07, 6.45) is -3.46. The highest BCUT2D eigenvalue weighted by Gasteiger charge is 2.31. The van der Waals surface area contributed by atoms with Crippen LogP contribution in [0, 0.1) is 0 Å². The predicted octanol–water partition coefficient (Wildman–Crippen LogP) is 2.48. The maximum absolute atomic E-state index is 12.5. The van der Waals surface area contributed by atoms with E-state index in [1.54, 1.807) is 0 Å². The van der Waals surface area contributed by atoms with Crippen molar-refractivity contribution in [1.82, 2.24) is 0 Å². The van der Waals surface area contributed by atoms with E-state index in [0.717, 1.165) is 12.1 Å². The van der Waals surface area contributed by atoms with Gasteiger partial charge in [-0.2, -0.15) is 13.2 Å². The third-order valence-electron chi connectivity index (χ3n) is 2.52. The summed E-state index contributed by atoms with van der Waals surface area (Å²) in [4.78, 5) is 11.6. The first-order valence-corrected chi connectivity index (χ1v) is 5.72. The van der Waals surface area contributed by atoms with Gasteiger partial charge in [0, 0.05) is 0 Å². The molecule has 0 aliphatic heterocycles. The molecule has 0 aliphatic carbocycles. The fourth-order valence-corrected chi connectivity index (χ4v) is 1.48. The minimum atomic E-state index is -4.54. The number of carbonyl (C=O) groups excluding carboxylic acids is 1. The van der Waals surface area contributed by atoms with Gasteiger partial charge in [-0.15, -0.1) is 0 Å². The molecule has 1 rings (SSSR count). The van der Waals surface area contributed by atoms with Crippen molar-refractivity contribution >= 4 is 11.6 Å². The number of alkyl halides is 3. The molecule has 106 valence electrons. The summed E-state index contributed by atoms with van der Waals surface area (Å²) >= 11 is 0. The van der Waals surface area contributed by atoms with Crippen LogP contribution >= 0.6 is 0 Å². The van der Waals surface area contributed by atoms with Gasteiger partial charge in [0.2, 0.25) is 5.91 Å². The smallest absolute Gasteiger partial charge is 0.416 e. The number of amides is 1. The van der Waals surface area contributed by atoms with E-state index in [2.05, 4.69) is 5.32 Å².